The molecule has 0 saturated heterocycles. The topological polar surface area (TPSA) is 137 Å². The van der Waals surface area contributed by atoms with Crippen molar-refractivity contribution in [1.29, 1.82) is 0 Å². The van der Waals surface area contributed by atoms with Crippen LogP contribution in [0.3, 0.4) is 0 Å². The van der Waals surface area contributed by atoms with Gasteiger partial charge in [-0.15, -0.1) is 0 Å². The maximum Gasteiger partial charge on any atom is 0.490 e. The van der Waals surface area contributed by atoms with Crippen LogP contribution in [0.4, 0.5) is 24.9 Å². The van der Waals surface area contributed by atoms with Crippen LogP contribution in [0.1, 0.15) is 31.2 Å². The predicted molar refractivity (Wildman–Crippen MR) is 148 cm³/mol. The number of para-hydroxylation sites is 1. The minimum absolute atomic E-state index is 0.0197. The molecule has 1 aromatic heterocycles. The van der Waals surface area contributed by atoms with E-state index >= 15 is 0 Å². The molecule has 41 heavy (non-hydrogen) atoms. The second-order valence-corrected chi connectivity index (χ2v) is 9.93. The molecule has 10 nitrogen and oxygen atoms in total. The number of methoxy groups -OCH3 is 1. The number of aromatic hydroxyl groups is 1. The molecule has 4 N–H and O–H groups in total. The molecule has 1 aliphatic rings. The molecule has 222 valence electrons. The van der Waals surface area contributed by atoms with E-state index in [1.165, 1.54) is 7.11 Å². The van der Waals surface area contributed by atoms with Gasteiger partial charge in [0.15, 0.2) is 11.5 Å². The van der Waals surface area contributed by atoms with Crippen LogP contribution in [0.5, 0.6) is 11.5 Å². The first-order chi connectivity index (χ1) is 19.4. The van der Waals surface area contributed by atoms with Crippen LogP contribution in [0, 0.1) is 5.92 Å². The molecule has 0 radical (unpaired) electrons. The molecule has 1 saturated carbocycles. The number of aromatic nitrogens is 2. The summed E-state index contributed by atoms with van der Waals surface area (Å²) in [5.74, 6) is -0.278. The third-order valence-electron chi connectivity index (χ3n) is 6.63. The number of aliphatic carboxylic acids is 1. The predicted octanol–water partition coefficient (Wildman–Crippen LogP) is 4.37. The summed E-state index contributed by atoms with van der Waals surface area (Å²) in [5.41, 5.74) is 1.75. The number of nitrogens with zero attached hydrogens (tertiary/aromatic N) is 3. The summed E-state index contributed by atoms with van der Waals surface area (Å²) in [7, 11) is 5.49. The number of phenolic OH excluding ortho intramolecular Hbond substituents is 1. The van der Waals surface area contributed by atoms with Gasteiger partial charge in [-0.25, -0.2) is 9.78 Å². The van der Waals surface area contributed by atoms with Gasteiger partial charge >= 0.3 is 12.1 Å². The first-order valence-corrected chi connectivity index (χ1v) is 13.0. The average Bonchev–Trinajstić information content (AvgIpc) is 2.93. The second kappa shape index (κ2) is 13.9. The Morgan fingerprint density at radius 2 is 1.73 bits per heavy atom. The Hall–Kier alpha value is -4.29. The minimum Gasteiger partial charge on any atom is -0.504 e. The highest BCUT2D eigenvalue weighted by Gasteiger charge is 2.38. The molecule has 1 amide bonds. The van der Waals surface area contributed by atoms with Gasteiger partial charge in [0.2, 0.25) is 11.9 Å². The smallest absolute Gasteiger partial charge is 0.490 e. The normalized spacial score (nSPS) is 16.7. The molecule has 2 aromatic carbocycles. The molecule has 1 fully saturated rings. The lowest BCUT2D eigenvalue weighted by atomic mass is 9.86. The first-order valence-electron chi connectivity index (χ1n) is 13.0. The number of carbonyl (C=O) groups excluding carboxylic acids is 1. The SMILES string of the molecule is COc1cc(CC(=O)NCC2CCC(Nc3nc(N(C)C)c4ccccc4n3)CC2)ccc1O.O=C(O)C(F)(F)F. The maximum absolute atomic E-state index is 12.4. The molecule has 0 aliphatic heterocycles. The van der Waals surface area contributed by atoms with E-state index in [9.17, 15) is 23.1 Å². The van der Waals surface area contributed by atoms with E-state index in [-0.39, 0.29) is 18.1 Å². The summed E-state index contributed by atoms with van der Waals surface area (Å²) in [6.07, 6.45) is -0.703. The third-order valence-corrected chi connectivity index (χ3v) is 6.63. The number of nitrogens with one attached hydrogen (secondary N) is 2. The Kier molecular flexibility index (Phi) is 10.6. The fraction of sp³-hybridized carbons (Fsp3) is 0.429. The number of carboxylic acid groups (broad SMARTS) is 1. The number of benzene rings is 2. The molecule has 3 aromatic rings. The molecular weight excluding hydrogens is 543 g/mol. The van der Waals surface area contributed by atoms with Crippen LogP contribution in [0.2, 0.25) is 0 Å². The van der Waals surface area contributed by atoms with Crippen LogP contribution in [-0.2, 0) is 16.0 Å². The minimum atomic E-state index is -5.08. The highest BCUT2D eigenvalue weighted by molar-refractivity contribution is 5.90. The fourth-order valence-corrected chi connectivity index (χ4v) is 4.50. The highest BCUT2D eigenvalue weighted by atomic mass is 19.4. The Bertz CT molecular complexity index is 1340. The third kappa shape index (κ3) is 9.12. The molecule has 1 aliphatic carbocycles. The standard InChI is InChI=1S/C26H33N5O3.C2HF3O2/c1-31(2)25-20-6-4-5-7-21(20)29-26(30-25)28-19-11-8-17(9-12-19)16-27-24(33)15-18-10-13-22(32)23(14-18)34-3;3-2(4,5)1(6)7/h4-7,10,13-14,17,19,32H,8-9,11-12,15-16H2,1-3H3,(H,27,33)(H,28,29,30);(H,6,7). The van der Waals surface area contributed by atoms with Gasteiger partial charge in [-0.3, -0.25) is 4.79 Å². The van der Waals surface area contributed by atoms with Crippen molar-refractivity contribution in [2.75, 3.05) is 38.0 Å². The Morgan fingerprint density at radius 1 is 1.07 bits per heavy atom. The number of phenols is 1. The number of alkyl halides is 3. The first kappa shape index (κ1) is 31.2. The number of carbonyl (C=O) groups is 2. The largest absolute Gasteiger partial charge is 0.504 e. The zero-order valence-corrected chi connectivity index (χ0v) is 23.0. The number of carboxylic acids is 1. The van der Waals surface area contributed by atoms with Crippen molar-refractivity contribution in [1.82, 2.24) is 15.3 Å². The van der Waals surface area contributed by atoms with Crippen molar-refractivity contribution in [2.45, 2.75) is 44.3 Å². The lowest BCUT2D eigenvalue weighted by molar-refractivity contribution is -0.192. The van der Waals surface area contributed by atoms with Crippen LogP contribution in [-0.4, -0.2) is 72.0 Å². The Morgan fingerprint density at radius 3 is 2.34 bits per heavy atom. The summed E-state index contributed by atoms with van der Waals surface area (Å²) in [4.78, 5) is 32.8. The Labute approximate surface area is 235 Å². The van der Waals surface area contributed by atoms with Crippen molar-refractivity contribution in [3.8, 4) is 11.5 Å². The van der Waals surface area contributed by atoms with E-state index < -0.39 is 12.1 Å². The number of hydrogen-bond acceptors (Lipinski definition) is 8. The summed E-state index contributed by atoms with van der Waals surface area (Å²) in [6, 6.07) is 13.4. The number of amides is 1. The summed E-state index contributed by atoms with van der Waals surface area (Å²) < 4.78 is 36.9. The number of rotatable bonds is 8. The van der Waals surface area contributed by atoms with Crippen LogP contribution < -0.4 is 20.3 Å². The zero-order chi connectivity index (χ0) is 30.2. The molecule has 0 bridgehead atoms. The summed E-state index contributed by atoms with van der Waals surface area (Å²) in [5, 5.41) is 24.5. The van der Waals surface area contributed by atoms with E-state index in [0.717, 1.165) is 48.0 Å². The number of ether oxygens (including phenoxy) is 1. The average molecular weight is 578 g/mol. The van der Waals surface area contributed by atoms with E-state index in [1.807, 2.05) is 43.3 Å². The second-order valence-electron chi connectivity index (χ2n) is 9.93. The number of hydrogen-bond donors (Lipinski definition) is 4. The van der Waals surface area contributed by atoms with Gasteiger partial charge < -0.3 is 30.5 Å². The van der Waals surface area contributed by atoms with Crippen LogP contribution in [0.25, 0.3) is 10.9 Å². The van der Waals surface area contributed by atoms with Gasteiger partial charge in [0.25, 0.3) is 0 Å². The lowest BCUT2D eigenvalue weighted by Crippen LogP contribution is -2.34. The molecular formula is C28H34F3N5O5. The fourth-order valence-electron chi connectivity index (χ4n) is 4.50. The van der Waals surface area contributed by atoms with Crippen molar-refractivity contribution in [3.63, 3.8) is 0 Å². The quantitative estimate of drug-likeness (QED) is 0.308. The summed E-state index contributed by atoms with van der Waals surface area (Å²) in [6.45, 7) is 0.679. The van der Waals surface area contributed by atoms with E-state index in [0.29, 0.717) is 30.2 Å². The van der Waals surface area contributed by atoms with Crippen LogP contribution >= 0.6 is 0 Å². The Balaban J connectivity index is 0.000000587. The van der Waals surface area contributed by atoms with Crippen molar-refractivity contribution >= 4 is 34.5 Å². The molecule has 0 atom stereocenters. The van der Waals surface area contributed by atoms with Gasteiger partial charge in [-0.2, -0.15) is 18.2 Å². The van der Waals surface area contributed by atoms with Crippen LogP contribution in [0.15, 0.2) is 42.5 Å². The number of anilines is 2. The van der Waals surface area contributed by atoms with Crippen molar-refractivity contribution in [2.24, 2.45) is 5.92 Å². The molecule has 0 unspecified atom stereocenters. The van der Waals surface area contributed by atoms with E-state index in [4.69, 9.17) is 24.6 Å². The van der Waals surface area contributed by atoms with Gasteiger partial charge in [0.05, 0.1) is 19.0 Å². The van der Waals surface area contributed by atoms with Gasteiger partial charge in [0.1, 0.15) is 5.82 Å². The van der Waals surface area contributed by atoms with Crippen molar-refractivity contribution in [3.05, 3.63) is 48.0 Å². The van der Waals surface area contributed by atoms with Crippen molar-refractivity contribution < 1.29 is 37.7 Å². The number of halogens is 3. The van der Waals surface area contributed by atoms with E-state index in [1.54, 1.807) is 18.2 Å². The molecule has 13 heteroatoms. The van der Waals surface area contributed by atoms with E-state index in [2.05, 4.69) is 10.6 Å². The van der Waals surface area contributed by atoms with Gasteiger partial charge in [-0.05, 0) is 61.4 Å². The molecule has 4 rings (SSSR count). The summed E-state index contributed by atoms with van der Waals surface area (Å²) >= 11 is 0. The van der Waals surface area contributed by atoms with Gasteiger partial charge in [-0.1, -0.05) is 18.2 Å². The van der Waals surface area contributed by atoms with Gasteiger partial charge in [0, 0.05) is 32.1 Å². The monoisotopic (exact) mass is 577 g/mol. The number of fused-ring (bicyclic) bond motifs is 1. The lowest BCUT2D eigenvalue weighted by Gasteiger charge is -2.29. The molecule has 1 heterocycles. The maximum atomic E-state index is 12.4. The molecule has 0 spiro atoms. The zero-order valence-electron chi connectivity index (χ0n) is 23.0. The highest BCUT2D eigenvalue weighted by Crippen LogP contribution is 2.29.